The maximum Gasteiger partial charge on any atom is 0.222 e. The highest BCUT2D eigenvalue weighted by molar-refractivity contribution is 5.76. The lowest BCUT2D eigenvalue weighted by Gasteiger charge is -2.33. The third kappa shape index (κ3) is 5.88. The molecular formula is C25H27FN4O2. The van der Waals surface area contributed by atoms with Crippen LogP contribution in [0.2, 0.25) is 0 Å². The van der Waals surface area contributed by atoms with Gasteiger partial charge in [-0.2, -0.15) is 0 Å². The van der Waals surface area contributed by atoms with Gasteiger partial charge in [-0.15, -0.1) is 0 Å². The molecule has 7 heteroatoms. The van der Waals surface area contributed by atoms with Gasteiger partial charge in [0.2, 0.25) is 5.91 Å². The van der Waals surface area contributed by atoms with Gasteiger partial charge in [-0.25, -0.2) is 14.4 Å². The van der Waals surface area contributed by atoms with Crippen LogP contribution in [-0.2, 0) is 16.0 Å². The number of ether oxygens (including phenoxy) is 1. The highest BCUT2D eigenvalue weighted by atomic mass is 19.1. The Labute approximate surface area is 187 Å². The molecule has 4 rings (SSSR count). The van der Waals surface area contributed by atoms with Crippen molar-refractivity contribution in [2.75, 3.05) is 25.0 Å². The van der Waals surface area contributed by atoms with Gasteiger partial charge < -0.3 is 15.0 Å². The monoisotopic (exact) mass is 434 g/mol. The third-order valence-corrected chi connectivity index (χ3v) is 5.43. The molecule has 1 aromatic carbocycles. The fourth-order valence-electron chi connectivity index (χ4n) is 3.75. The number of rotatable bonds is 7. The molecule has 1 aliphatic rings. The number of nitrogens with one attached hydrogen (secondary N) is 1. The van der Waals surface area contributed by atoms with E-state index in [4.69, 9.17) is 4.74 Å². The number of aromatic nitrogens is 2. The van der Waals surface area contributed by atoms with Crippen molar-refractivity contribution in [3.8, 4) is 0 Å². The molecule has 0 bridgehead atoms. The number of carbonyl (C=O) groups excluding carboxylic acids is 1. The van der Waals surface area contributed by atoms with E-state index in [2.05, 4.69) is 15.3 Å². The zero-order valence-electron chi connectivity index (χ0n) is 18.1. The predicted molar refractivity (Wildman–Crippen MR) is 121 cm³/mol. The molecule has 0 spiro atoms. The Morgan fingerprint density at radius 2 is 1.84 bits per heavy atom. The van der Waals surface area contributed by atoms with Gasteiger partial charge in [0.05, 0.1) is 18.8 Å². The molecule has 32 heavy (non-hydrogen) atoms. The van der Waals surface area contributed by atoms with Gasteiger partial charge >= 0.3 is 0 Å². The second-order valence-corrected chi connectivity index (χ2v) is 7.92. The van der Waals surface area contributed by atoms with Crippen molar-refractivity contribution in [1.29, 1.82) is 0 Å². The first-order chi connectivity index (χ1) is 15.6. The highest BCUT2D eigenvalue weighted by Gasteiger charge is 2.26. The molecule has 1 N–H and O–H groups in total. The summed E-state index contributed by atoms with van der Waals surface area (Å²) < 4.78 is 18.9. The van der Waals surface area contributed by atoms with Crippen LogP contribution >= 0.6 is 0 Å². The highest BCUT2D eigenvalue weighted by Crippen LogP contribution is 2.23. The molecular weight excluding hydrogens is 407 g/mol. The van der Waals surface area contributed by atoms with Gasteiger partial charge in [0.25, 0.3) is 0 Å². The second-order valence-electron chi connectivity index (χ2n) is 7.92. The molecule has 166 valence electrons. The molecule has 3 heterocycles. The van der Waals surface area contributed by atoms with Crippen molar-refractivity contribution in [3.05, 3.63) is 83.4 Å². The summed E-state index contributed by atoms with van der Waals surface area (Å²) in [5.74, 6) is 1.29. The van der Waals surface area contributed by atoms with Gasteiger partial charge in [-0.1, -0.05) is 24.3 Å². The Bertz CT molecular complexity index is 1060. The summed E-state index contributed by atoms with van der Waals surface area (Å²) in [5.41, 5.74) is 2.75. The van der Waals surface area contributed by atoms with Crippen molar-refractivity contribution in [3.63, 3.8) is 0 Å². The van der Waals surface area contributed by atoms with E-state index >= 15 is 0 Å². The molecule has 0 saturated carbocycles. The second kappa shape index (κ2) is 10.3. The summed E-state index contributed by atoms with van der Waals surface area (Å²) in [5, 5.41) is 3.22. The average Bonchev–Trinajstić information content (AvgIpc) is 2.81. The van der Waals surface area contributed by atoms with Crippen LogP contribution < -0.4 is 5.32 Å². The lowest BCUT2D eigenvalue weighted by atomic mass is 10.1. The molecule has 0 unspecified atom stereocenters. The lowest BCUT2D eigenvalue weighted by molar-refractivity contribution is -0.139. The molecule has 1 fully saturated rings. The number of pyridine rings is 2. The zero-order chi connectivity index (χ0) is 22.3. The van der Waals surface area contributed by atoms with Gasteiger partial charge in [0.15, 0.2) is 0 Å². The number of morpholine rings is 1. The summed E-state index contributed by atoms with van der Waals surface area (Å²) in [4.78, 5) is 23.7. The Morgan fingerprint density at radius 3 is 2.62 bits per heavy atom. The van der Waals surface area contributed by atoms with Crippen LogP contribution in [0, 0.1) is 12.7 Å². The number of amides is 1. The zero-order valence-corrected chi connectivity index (χ0v) is 18.1. The molecule has 1 aliphatic heterocycles. The maximum absolute atomic E-state index is 13.0. The number of hydrogen-bond donors (Lipinski definition) is 1. The minimum Gasteiger partial charge on any atom is -0.368 e. The first-order valence-corrected chi connectivity index (χ1v) is 10.9. The van der Waals surface area contributed by atoms with Crippen molar-refractivity contribution in [1.82, 2.24) is 14.9 Å². The fourth-order valence-corrected chi connectivity index (χ4v) is 3.75. The number of aryl methyl sites for hydroxylation is 2. The van der Waals surface area contributed by atoms with E-state index in [0.717, 1.165) is 35.6 Å². The van der Waals surface area contributed by atoms with E-state index < -0.39 is 0 Å². The van der Waals surface area contributed by atoms with Crippen molar-refractivity contribution in [2.45, 2.75) is 32.3 Å². The maximum atomic E-state index is 13.0. The SMILES string of the molecule is Cc1cccc(Nc2cccc([C@@H]3CN(C(=O)CCCc4ccc(F)cc4)CCO3)n2)n1. The van der Waals surface area contributed by atoms with Gasteiger partial charge in [0.1, 0.15) is 23.6 Å². The van der Waals surface area contributed by atoms with E-state index in [9.17, 15) is 9.18 Å². The van der Waals surface area contributed by atoms with Gasteiger partial charge in [-0.3, -0.25) is 4.79 Å². The molecule has 3 aromatic rings. The average molecular weight is 435 g/mol. The van der Waals surface area contributed by atoms with Crippen LogP contribution in [0.25, 0.3) is 0 Å². The third-order valence-electron chi connectivity index (χ3n) is 5.43. The number of benzene rings is 1. The van der Waals surface area contributed by atoms with Crippen LogP contribution in [0.5, 0.6) is 0 Å². The number of anilines is 2. The number of halogens is 1. The first-order valence-electron chi connectivity index (χ1n) is 10.9. The normalized spacial score (nSPS) is 16.1. The minimum atomic E-state index is -0.267. The summed E-state index contributed by atoms with van der Waals surface area (Å²) in [6.45, 7) is 3.48. The Balaban J connectivity index is 1.33. The van der Waals surface area contributed by atoms with E-state index in [1.54, 1.807) is 12.1 Å². The fraction of sp³-hybridized carbons (Fsp3) is 0.320. The first kappa shape index (κ1) is 21.9. The van der Waals surface area contributed by atoms with Gasteiger partial charge in [0, 0.05) is 18.7 Å². The van der Waals surface area contributed by atoms with Gasteiger partial charge in [-0.05, 0) is 61.7 Å². The Hall–Kier alpha value is -3.32. The van der Waals surface area contributed by atoms with Crippen molar-refractivity contribution >= 4 is 17.5 Å². The van der Waals surface area contributed by atoms with Crippen molar-refractivity contribution in [2.24, 2.45) is 0 Å². The Morgan fingerprint density at radius 1 is 1.09 bits per heavy atom. The lowest BCUT2D eigenvalue weighted by Crippen LogP contribution is -2.42. The smallest absolute Gasteiger partial charge is 0.222 e. The van der Waals surface area contributed by atoms with Crippen LogP contribution in [0.1, 0.15) is 35.9 Å². The molecule has 0 aliphatic carbocycles. The molecule has 6 nitrogen and oxygen atoms in total. The number of carbonyl (C=O) groups is 1. The van der Waals surface area contributed by atoms with E-state index in [1.807, 2.05) is 48.2 Å². The van der Waals surface area contributed by atoms with Crippen LogP contribution in [0.4, 0.5) is 16.0 Å². The molecule has 1 saturated heterocycles. The Kier molecular flexibility index (Phi) is 7.07. The van der Waals surface area contributed by atoms with Crippen LogP contribution in [0.3, 0.4) is 0 Å². The van der Waals surface area contributed by atoms with E-state index in [0.29, 0.717) is 31.9 Å². The topological polar surface area (TPSA) is 67.4 Å². The van der Waals surface area contributed by atoms with Crippen LogP contribution in [0.15, 0.2) is 60.7 Å². The minimum absolute atomic E-state index is 0.110. The molecule has 1 amide bonds. The van der Waals surface area contributed by atoms with E-state index in [1.165, 1.54) is 12.1 Å². The molecule has 2 aromatic heterocycles. The molecule has 0 radical (unpaired) electrons. The molecule has 1 atom stereocenters. The predicted octanol–water partition coefficient (Wildman–Crippen LogP) is 4.59. The largest absolute Gasteiger partial charge is 0.368 e. The van der Waals surface area contributed by atoms with E-state index in [-0.39, 0.29) is 17.8 Å². The summed E-state index contributed by atoms with van der Waals surface area (Å²) in [6, 6.07) is 17.9. The quantitative estimate of drug-likeness (QED) is 0.589. The van der Waals surface area contributed by atoms with Crippen molar-refractivity contribution < 1.29 is 13.9 Å². The summed E-state index contributed by atoms with van der Waals surface area (Å²) in [7, 11) is 0. The van der Waals surface area contributed by atoms with Crippen LogP contribution in [-0.4, -0.2) is 40.5 Å². The summed E-state index contributed by atoms with van der Waals surface area (Å²) in [6.07, 6.45) is 1.67. The number of nitrogens with zero attached hydrogens (tertiary/aromatic N) is 3. The number of hydrogen-bond acceptors (Lipinski definition) is 5. The standard InChI is InChI=1S/C25H27FN4O2/c1-18-5-2-8-23(27-18)29-24-9-4-7-21(28-24)22-17-30(15-16-32-22)25(31)10-3-6-19-11-13-20(26)14-12-19/h2,4-5,7-9,11-14,22H,3,6,10,15-17H2,1H3,(H,27,28,29)/t22-/m0/s1. The summed E-state index contributed by atoms with van der Waals surface area (Å²) >= 11 is 0.